The van der Waals surface area contributed by atoms with E-state index in [4.69, 9.17) is 4.74 Å². The van der Waals surface area contributed by atoms with Gasteiger partial charge in [0.15, 0.2) is 0 Å². The van der Waals surface area contributed by atoms with Gasteiger partial charge in [0.25, 0.3) is 0 Å². The highest BCUT2D eigenvalue weighted by atomic mass is 32.2. The van der Waals surface area contributed by atoms with E-state index < -0.39 is 0 Å². The number of aromatic nitrogens is 5. The van der Waals surface area contributed by atoms with Gasteiger partial charge in [-0.1, -0.05) is 11.8 Å². The average Bonchev–Trinajstić information content (AvgIpc) is 3.38. The largest absolute Gasteiger partial charge is 0.376 e. The third kappa shape index (κ3) is 4.20. The minimum absolute atomic E-state index is 0.109. The summed E-state index contributed by atoms with van der Waals surface area (Å²) in [4.78, 5) is 12.6. The van der Waals surface area contributed by atoms with E-state index in [1.807, 2.05) is 32.3 Å². The van der Waals surface area contributed by atoms with Gasteiger partial charge in [-0.25, -0.2) is 4.68 Å². The van der Waals surface area contributed by atoms with Crippen LogP contribution < -0.4 is 5.32 Å². The first-order valence-electron chi connectivity index (χ1n) is 9.34. The first-order chi connectivity index (χ1) is 13.4. The fourth-order valence-corrected chi connectivity index (χ4v) is 4.06. The monoisotopic (exact) mass is 403 g/mol. The van der Waals surface area contributed by atoms with E-state index in [0.717, 1.165) is 30.7 Å². The topological polar surface area (TPSA) is 111 Å². The van der Waals surface area contributed by atoms with Crippen LogP contribution >= 0.6 is 11.8 Å². The van der Waals surface area contributed by atoms with Crippen molar-refractivity contribution in [2.75, 3.05) is 17.7 Å². The van der Waals surface area contributed by atoms with E-state index in [0.29, 0.717) is 23.1 Å². The minimum Gasteiger partial charge on any atom is -0.376 e. The van der Waals surface area contributed by atoms with Crippen LogP contribution in [-0.2, 0) is 16.1 Å². The van der Waals surface area contributed by atoms with Gasteiger partial charge in [0, 0.05) is 12.3 Å². The number of ether oxygens (including phenoxy) is 1. The number of carbonyl (C=O) groups excluding carboxylic acids is 1. The standard InChI is InChI=1S/C18H25N7O2S/c1-11(2)25-18(21-22-23-25)28-10-16(26)20-17-15(8-19)12(3)13(4)24(17)9-14-6-5-7-27-14/h11,14H,5-7,9-10H2,1-4H3,(H,20,26). The first-order valence-corrected chi connectivity index (χ1v) is 10.3. The zero-order valence-electron chi connectivity index (χ0n) is 16.6. The maximum absolute atomic E-state index is 12.6. The molecule has 3 rings (SSSR count). The van der Waals surface area contributed by atoms with Crippen molar-refractivity contribution in [2.45, 2.75) is 64.4 Å². The van der Waals surface area contributed by atoms with Crippen molar-refractivity contribution in [3.63, 3.8) is 0 Å². The lowest BCUT2D eigenvalue weighted by Gasteiger charge is -2.16. The summed E-state index contributed by atoms with van der Waals surface area (Å²) in [6.45, 7) is 9.21. The number of hydrogen-bond donors (Lipinski definition) is 1. The number of nitrogens with zero attached hydrogens (tertiary/aromatic N) is 6. The van der Waals surface area contributed by atoms with E-state index in [2.05, 4.69) is 26.9 Å². The molecule has 1 aliphatic heterocycles. The van der Waals surface area contributed by atoms with Crippen molar-refractivity contribution in [3.05, 3.63) is 16.8 Å². The van der Waals surface area contributed by atoms with Crippen molar-refractivity contribution in [3.8, 4) is 6.07 Å². The van der Waals surface area contributed by atoms with Crippen LogP contribution in [-0.4, -0.2) is 49.1 Å². The summed E-state index contributed by atoms with van der Waals surface area (Å²) < 4.78 is 9.41. The molecule has 0 spiro atoms. The predicted molar refractivity (Wildman–Crippen MR) is 105 cm³/mol. The lowest BCUT2D eigenvalue weighted by molar-refractivity contribution is -0.113. The summed E-state index contributed by atoms with van der Waals surface area (Å²) in [5, 5.41) is 24.7. The van der Waals surface area contributed by atoms with Crippen molar-refractivity contribution in [2.24, 2.45) is 0 Å². The van der Waals surface area contributed by atoms with Crippen molar-refractivity contribution in [1.82, 2.24) is 24.8 Å². The Bertz CT molecular complexity index is 891. The molecule has 1 aliphatic rings. The molecule has 0 saturated carbocycles. The second kappa shape index (κ2) is 8.75. The van der Waals surface area contributed by atoms with Crippen LogP contribution in [0.3, 0.4) is 0 Å². The quantitative estimate of drug-likeness (QED) is 0.707. The van der Waals surface area contributed by atoms with Crippen LogP contribution in [0.25, 0.3) is 0 Å². The molecule has 1 atom stereocenters. The summed E-state index contributed by atoms with van der Waals surface area (Å²) in [6.07, 6.45) is 2.13. The van der Waals surface area contributed by atoms with Crippen molar-refractivity contribution >= 4 is 23.5 Å². The van der Waals surface area contributed by atoms with Crippen LogP contribution in [0.15, 0.2) is 5.16 Å². The van der Waals surface area contributed by atoms with Crippen LogP contribution in [0.2, 0.25) is 0 Å². The maximum atomic E-state index is 12.6. The number of amides is 1. The Labute approximate surface area is 168 Å². The number of nitriles is 1. The predicted octanol–water partition coefficient (Wildman–Crippen LogP) is 2.45. The first kappa shape index (κ1) is 20.4. The number of nitrogens with one attached hydrogen (secondary N) is 1. The zero-order chi connectivity index (χ0) is 20.3. The van der Waals surface area contributed by atoms with E-state index in [1.54, 1.807) is 4.68 Å². The van der Waals surface area contributed by atoms with E-state index in [-0.39, 0.29) is 23.8 Å². The van der Waals surface area contributed by atoms with Gasteiger partial charge in [0.1, 0.15) is 11.9 Å². The molecule has 1 unspecified atom stereocenters. The number of carbonyl (C=O) groups is 1. The van der Waals surface area contributed by atoms with E-state index in [1.165, 1.54) is 11.8 Å². The summed E-state index contributed by atoms with van der Waals surface area (Å²) in [6, 6.07) is 2.34. The number of rotatable bonds is 7. The number of thioether (sulfide) groups is 1. The summed E-state index contributed by atoms with van der Waals surface area (Å²) in [7, 11) is 0. The SMILES string of the molecule is Cc1c(C#N)c(NC(=O)CSc2nnnn2C(C)C)n(CC2CCCO2)c1C. The van der Waals surface area contributed by atoms with Gasteiger partial charge in [-0.15, -0.1) is 5.10 Å². The minimum atomic E-state index is -0.203. The highest BCUT2D eigenvalue weighted by Crippen LogP contribution is 2.29. The highest BCUT2D eigenvalue weighted by molar-refractivity contribution is 7.99. The molecule has 1 fully saturated rings. The third-order valence-electron chi connectivity index (χ3n) is 4.89. The van der Waals surface area contributed by atoms with Gasteiger partial charge in [-0.2, -0.15) is 5.26 Å². The molecule has 0 bridgehead atoms. The van der Waals surface area contributed by atoms with E-state index in [9.17, 15) is 10.1 Å². The Balaban J connectivity index is 1.74. The molecule has 1 N–H and O–H groups in total. The molecule has 9 nitrogen and oxygen atoms in total. The smallest absolute Gasteiger partial charge is 0.235 e. The van der Waals surface area contributed by atoms with Gasteiger partial charge >= 0.3 is 0 Å². The fraction of sp³-hybridized carbons (Fsp3) is 0.611. The van der Waals surface area contributed by atoms with Gasteiger partial charge < -0.3 is 14.6 Å². The van der Waals surface area contributed by atoms with Crippen LogP contribution in [0, 0.1) is 25.2 Å². The van der Waals surface area contributed by atoms with Crippen LogP contribution in [0.4, 0.5) is 5.82 Å². The molecule has 2 aromatic rings. The number of hydrogen-bond acceptors (Lipinski definition) is 7. The number of anilines is 1. The Hall–Kier alpha value is -2.38. The normalized spacial score (nSPS) is 16.5. The Morgan fingerprint density at radius 1 is 1.46 bits per heavy atom. The fourth-order valence-electron chi connectivity index (χ4n) is 3.25. The molecular formula is C18H25N7O2S. The molecule has 0 radical (unpaired) electrons. The Morgan fingerprint density at radius 3 is 2.89 bits per heavy atom. The van der Waals surface area contributed by atoms with Gasteiger partial charge in [-0.3, -0.25) is 4.79 Å². The molecule has 10 heteroatoms. The second-order valence-electron chi connectivity index (χ2n) is 7.13. The summed E-state index contributed by atoms with van der Waals surface area (Å²) >= 11 is 1.27. The van der Waals surface area contributed by atoms with E-state index >= 15 is 0 Å². The van der Waals surface area contributed by atoms with Crippen molar-refractivity contribution in [1.29, 1.82) is 5.26 Å². The molecule has 1 saturated heterocycles. The highest BCUT2D eigenvalue weighted by Gasteiger charge is 2.24. The summed E-state index contributed by atoms with van der Waals surface area (Å²) in [5.41, 5.74) is 2.35. The third-order valence-corrected chi connectivity index (χ3v) is 5.83. The maximum Gasteiger partial charge on any atom is 0.235 e. The van der Waals surface area contributed by atoms with Gasteiger partial charge in [-0.05, 0) is 56.5 Å². The lowest BCUT2D eigenvalue weighted by atomic mass is 10.2. The molecule has 28 heavy (non-hydrogen) atoms. The Kier molecular flexibility index (Phi) is 6.36. The molecule has 150 valence electrons. The van der Waals surface area contributed by atoms with Crippen LogP contribution in [0.1, 0.15) is 49.6 Å². The Morgan fingerprint density at radius 2 is 2.25 bits per heavy atom. The van der Waals surface area contributed by atoms with Gasteiger partial charge in [0.05, 0.1) is 30.0 Å². The lowest BCUT2D eigenvalue weighted by Crippen LogP contribution is -2.22. The second-order valence-corrected chi connectivity index (χ2v) is 8.07. The summed E-state index contributed by atoms with van der Waals surface area (Å²) in [5.74, 6) is 0.495. The average molecular weight is 404 g/mol. The molecule has 2 aromatic heterocycles. The molecule has 3 heterocycles. The molecule has 1 amide bonds. The number of tetrazole rings is 1. The molecular weight excluding hydrogens is 378 g/mol. The molecule has 0 aliphatic carbocycles. The zero-order valence-corrected chi connectivity index (χ0v) is 17.4. The molecule has 0 aromatic carbocycles. The van der Waals surface area contributed by atoms with Crippen molar-refractivity contribution < 1.29 is 9.53 Å². The van der Waals surface area contributed by atoms with Gasteiger partial charge in [0.2, 0.25) is 11.1 Å². The van der Waals surface area contributed by atoms with Crippen LogP contribution in [0.5, 0.6) is 0 Å².